The number of anilines is 1. The monoisotopic (exact) mass is 457 g/mol. The molecule has 1 saturated heterocycles. The van der Waals surface area contributed by atoms with E-state index >= 15 is 0 Å². The van der Waals surface area contributed by atoms with Gasteiger partial charge in [0, 0.05) is 24.5 Å². The van der Waals surface area contributed by atoms with Crippen LogP contribution in [0, 0.1) is 5.82 Å². The molecule has 1 aliphatic heterocycles. The van der Waals surface area contributed by atoms with E-state index in [0.29, 0.717) is 5.69 Å². The van der Waals surface area contributed by atoms with E-state index in [1.165, 1.54) is 12.1 Å². The summed E-state index contributed by atoms with van der Waals surface area (Å²) in [5.74, 6) is -1.67. The molecule has 32 heavy (non-hydrogen) atoms. The zero-order chi connectivity index (χ0) is 22.7. The number of carbonyl (C=O) groups excluding carboxylic acids is 1. The van der Waals surface area contributed by atoms with Gasteiger partial charge in [0.25, 0.3) is 11.5 Å². The summed E-state index contributed by atoms with van der Waals surface area (Å²) < 4.78 is 46.2. The first kappa shape index (κ1) is 21.9. The number of amides is 1. The van der Waals surface area contributed by atoms with E-state index in [9.17, 15) is 22.4 Å². The van der Waals surface area contributed by atoms with Gasteiger partial charge >= 0.3 is 0 Å². The Hall–Kier alpha value is -3.34. The zero-order valence-corrected chi connectivity index (χ0v) is 17.7. The number of nitrogens with zero attached hydrogens (tertiary/aromatic N) is 1. The van der Waals surface area contributed by atoms with Gasteiger partial charge in [-0.05, 0) is 35.9 Å². The summed E-state index contributed by atoms with van der Waals surface area (Å²) in [7, 11) is -4.10. The summed E-state index contributed by atoms with van der Waals surface area (Å²) in [5, 5.41) is 2.47. The lowest BCUT2D eigenvalue weighted by Gasteiger charge is -2.26. The number of nitrogens with one attached hydrogen (secondary N) is 2. The van der Waals surface area contributed by atoms with E-state index in [1.54, 1.807) is 6.07 Å². The second-order valence-electron chi connectivity index (χ2n) is 7.10. The molecule has 0 spiro atoms. The van der Waals surface area contributed by atoms with Gasteiger partial charge in [0.05, 0.1) is 13.2 Å². The molecular formula is C22H20FN3O5S. The topological polar surface area (TPSA) is 109 Å². The molecule has 0 aliphatic carbocycles. The minimum Gasteiger partial charge on any atom is -0.379 e. The molecule has 1 aliphatic rings. The van der Waals surface area contributed by atoms with E-state index in [4.69, 9.17) is 4.74 Å². The number of pyridine rings is 1. The van der Waals surface area contributed by atoms with Crippen molar-refractivity contribution in [3.63, 3.8) is 0 Å². The third kappa shape index (κ3) is 4.47. The summed E-state index contributed by atoms with van der Waals surface area (Å²) in [6.07, 6.45) is 0. The predicted molar refractivity (Wildman–Crippen MR) is 116 cm³/mol. The summed E-state index contributed by atoms with van der Waals surface area (Å²) in [4.78, 5) is 27.2. The summed E-state index contributed by atoms with van der Waals surface area (Å²) in [6.45, 7) is 0.668. The van der Waals surface area contributed by atoms with Crippen molar-refractivity contribution in [2.24, 2.45) is 0 Å². The lowest BCUT2D eigenvalue weighted by molar-refractivity contribution is 0.0729. The molecule has 2 aromatic carbocycles. The Balaban J connectivity index is 1.58. The van der Waals surface area contributed by atoms with Gasteiger partial charge < -0.3 is 15.0 Å². The fourth-order valence-electron chi connectivity index (χ4n) is 3.34. The Labute approximate surface area is 183 Å². The number of morpholine rings is 1. The maximum absolute atomic E-state index is 14.3. The molecule has 1 amide bonds. The van der Waals surface area contributed by atoms with Crippen molar-refractivity contribution < 1.29 is 22.3 Å². The maximum Gasteiger partial charge on any atom is 0.261 e. The minimum atomic E-state index is -4.10. The number of rotatable bonds is 5. The third-order valence-electron chi connectivity index (χ3n) is 5.02. The van der Waals surface area contributed by atoms with Gasteiger partial charge in [-0.2, -0.15) is 4.31 Å². The molecular weight excluding hydrogens is 437 g/mol. The van der Waals surface area contributed by atoms with Crippen molar-refractivity contribution in [3.05, 3.63) is 82.4 Å². The molecule has 1 aromatic heterocycles. The van der Waals surface area contributed by atoms with Crippen LogP contribution in [-0.4, -0.2) is 49.9 Å². The van der Waals surface area contributed by atoms with Gasteiger partial charge in [0.15, 0.2) is 0 Å². The predicted octanol–water partition coefficient (Wildman–Crippen LogP) is 2.45. The van der Waals surface area contributed by atoms with Crippen LogP contribution in [-0.2, 0) is 14.8 Å². The highest BCUT2D eigenvalue weighted by Crippen LogP contribution is 2.24. The van der Waals surface area contributed by atoms with Crippen LogP contribution >= 0.6 is 0 Å². The van der Waals surface area contributed by atoms with Gasteiger partial charge in [0.1, 0.15) is 16.3 Å². The number of aromatic amines is 1. The molecule has 0 saturated carbocycles. The molecule has 10 heteroatoms. The number of H-pyrrole nitrogens is 1. The summed E-state index contributed by atoms with van der Waals surface area (Å²) in [6, 6.07) is 15.4. The fraction of sp³-hybridized carbons (Fsp3) is 0.182. The van der Waals surface area contributed by atoms with Crippen LogP contribution < -0.4 is 10.9 Å². The SMILES string of the molecule is O=C(Nc1ccc(F)c(S(=O)(=O)N2CCOCC2)c1)c1ccc(-c2ccccc2)[nH]c1=O. The number of sulfonamides is 1. The van der Waals surface area contributed by atoms with Crippen LogP contribution in [0.25, 0.3) is 11.3 Å². The van der Waals surface area contributed by atoms with Crippen molar-refractivity contribution in [1.29, 1.82) is 0 Å². The van der Waals surface area contributed by atoms with Crippen LogP contribution in [0.15, 0.2) is 70.4 Å². The van der Waals surface area contributed by atoms with Gasteiger partial charge in [-0.3, -0.25) is 9.59 Å². The van der Waals surface area contributed by atoms with Crippen LogP contribution in [0.5, 0.6) is 0 Å². The molecule has 0 bridgehead atoms. The van der Waals surface area contributed by atoms with Crippen molar-refractivity contribution in [2.45, 2.75) is 4.90 Å². The number of hydrogen-bond donors (Lipinski definition) is 2. The van der Waals surface area contributed by atoms with Gasteiger partial charge in [0.2, 0.25) is 10.0 Å². The van der Waals surface area contributed by atoms with Crippen LogP contribution in [0.3, 0.4) is 0 Å². The maximum atomic E-state index is 14.3. The van der Waals surface area contributed by atoms with Crippen LogP contribution in [0.2, 0.25) is 0 Å². The lowest BCUT2D eigenvalue weighted by atomic mass is 10.1. The van der Waals surface area contributed by atoms with Crippen molar-refractivity contribution in [3.8, 4) is 11.3 Å². The van der Waals surface area contributed by atoms with Crippen LogP contribution in [0.4, 0.5) is 10.1 Å². The molecule has 8 nitrogen and oxygen atoms in total. The van der Waals surface area contributed by atoms with Gasteiger partial charge in [-0.1, -0.05) is 30.3 Å². The minimum absolute atomic E-state index is 0.0507. The molecule has 2 heterocycles. The number of carbonyl (C=O) groups is 1. The molecule has 0 radical (unpaired) electrons. The number of benzene rings is 2. The normalized spacial score (nSPS) is 14.8. The van der Waals surface area contributed by atoms with Crippen molar-refractivity contribution in [2.75, 3.05) is 31.6 Å². The molecule has 4 rings (SSSR count). The Morgan fingerprint density at radius 1 is 1.03 bits per heavy atom. The van der Waals surface area contributed by atoms with E-state index in [0.717, 1.165) is 22.0 Å². The van der Waals surface area contributed by atoms with E-state index in [1.807, 2.05) is 30.3 Å². The number of ether oxygens (including phenoxy) is 1. The number of halogens is 1. The highest BCUT2D eigenvalue weighted by atomic mass is 32.2. The first-order valence-electron chi connectivity index (χ1n) is 9.84. The Morgan fingerprint density at radius 2 is 1.75 bits per heavy atom. The number of hydrogen-bond acceptors (Lipinski definition) is 5. The van der Waals surface area contributed by atoms with E-state index < -0.39 is 32.2 Å². The van der Waals surface area contributed by atoms with Crippen molar-refractivity contribution in [1.82, 2.24) is 9.29 Å². The molecule has 2 N–H and O–H groups in total. The van der Waals surface area contributed by atoms with E-state index in [2.05, 4.69) is 10.3 Å². The smallest absolute Gasteiger partial charge is 0.261 e. The van der Waals surface area contributed by atoms with Gasteiger partial charge in [-0.25, -0.2) is 12.8 Å². The lowest BCUT2D eigenvalue weighted by Crippen LogP contribution is -2.40. The standard InChI is InChI=1S/C22H20FN3O5S/c23-18-8-6-16(14-20(18)32(29,30)26-10-12-31-13-11-26)24-21(27)17-7-9-19(25-22(17)28)15-4-2-1-3-5-15/h1-9,14H,10-13H2,(H,24,27)(H,25,28). The number of aromatic nitrogens is 1. The molecule has 0 unspecified atom stereocenters. The highest BCUT2D eigenvalue weighted by molar-refractivity contribution is 7.89. The zero-order valence-electron chi connectivity index (χ0n) is 16.9. The second kappa shape index (κ2) is 9.03. The Morgan fingerprint density at radius 3 is 2.44 bits per heavy atom. The van der Waals surface area contributed by atoms with Crippen molar-refractivity contribution >= 4 is 21.6 Å². The first-order valence-corrected chi connectivity index (χ1v) is 11.3. The Kier molecular flexibility index (Phi) is 6.17. The second-order valence-corrected chi connectivity index (χ2v) is 9.00. The largest absolute Gasteiger partial charge is 0.379 e. The van der Waals surface area contributed by atoms with Crippen LogP contribution in [0.1, 0.15) is 10.4 Å². The van der Waals surface area contributed by atoms with Gasteiger partial charge in [-0.15, -0.1) is 0 Å². The average molecular weight is 457 g/mol. The molecule has 1 fully saturated rings. The average Bonchev–Trinajstić information content (AvgIpc) is 2.81. The Bertz CT molecular complexity index is 1300. The highest BCUT2D eigenvalue weighted by Gasteiger charge is 2.29. The first-order chi connectivity index (χ1) is 15.4. The summed E-state index contributed by atoms with van der Waals surface area (Å²) >= 11 is 0. The van der Waals surface area contributed by atoms with E-state index in [-0.39, 0.29) is 37.6 Å². The molecule has 0 atom stereocenters. The quantitative estimate of drug-likeness (QED) is 0.612. The molecule has 166 valence electrons. The fourth-order valence-corrected chi connectivity index (χ4v) is 4.84. The summed E-state index contributed by atoms with van der Waals surface area (Å²) in [5.41, 5.74) is 0.620. The third-order valence-corrected chi connectivity index (χ3v) is 6.93. The molecule has 3 aromatic rings.